The number of fused-ring (bicyclic) bond motifs is 1. The topological polar surface area (TPSA) is 53.4 Å². The van der Waals surface area contributed by atoms with Gasteiger partial charge in [-0.05, 0) is 12.1 Å². The standard InChI is InChI=1S/C7H4BNO2S/c8-7-9-5-4(12-7)2-1-3(10)6(5)11/h1-2,10-11H. The van der Waals surface area contributed by atoms with Crippen LogP contribution in [0.5, 0.6) is 11.5 Å². The van der Waals surface area contributed by atoms with E-state index in [0.29, 0.717) is 10.4 Å². The largest absolute Gasteiger partial charge is 0.504 e. The quantitative estimate of drug-likeness (QED) is 0.455. The number of rotatable bonds is 0. The first-order valence-electron chi connectivity index (χ1n) is 3.25. The third-order valence-electron chi connectivity index (χ3n) is 1.53. The van der Waals surface area contributed by atoms with Crippen LogP contribution in [0.3, 0.4) is 0 Å². The van der Waals surface area contributed by atoms with Crippen molar-refractivity contribution < 1.29 is 10.2 Å². The predicted molar refractivity (Wildman–Crippen MR) is 48.3 cm³/mol. The van der Waals surface area contributed by atoms with Gasteiger partial charge in [0.15, 0.2) is 19.3 Å². The van der Waals surface area contributed by atoms with Gasteiger partial charge in [-0.1, -0.05) is 0 Å². The molecule has 0 saturated heterocycles. The molecule has 1 aromatic carbocycles. The van der Waals surface area contributed by atoms with Crippen LogP contribution in [0.25, 0.3) is 10.2 Å². The Morgan fingerprint density at radius 2 is 2.08 bits per heavy atom. The number of thiazole rings is 1. The van der Waals surface area contributed by atoms with Crippen molar-refractivity contribution in [1.82, 2.24) is 4.98 Å². The van der Waals surface area contributed by atoms with Crippen molar-refractivity contribution in [1.29, 1.82) is 0 Å². The molecule has 2 N–H and O–H groups in total. The Morgan fingerprint density at radius 3 is 2.83 bits per heavy atom. The third-order valence-corrected chi connectivity index (χ3v) is 2.38. The highest BCUT2D eigenvalue weighted by Gasteiger charge is 2.08. The summed E-state index contributed by atoms with van der Waals surface area (Å²) in [5, 5.41) is 18.4. The molecule has 0 aliphatic rings. The number of hydrogen-bond donors (Lipinski definition) is 2. The fourth-order valence-corrected chi connectivity index (χ4v) is 1.72. The van der Waals surface area contributed by atoms with Crippen LogP contribution in [0.2, 0.25) is 0 Å². The van der Waals surface area contributed by atoms with Crippen molar-refractivity contribution in [2.45, 2.75) is 0 Å². The number of phenols is 2. The summed E-state index contributed by atoms with van der Waals surface area (Å²) >= 11 is 1.27. The van der Waals surface area contributed by atoms with Gasteiger partial charge < -0.3 is 10.2 Å². The van der Waals surface area contributed by atoms with Crippen molar-refractivity contribution in [3.8, 4) is 11.5 Å². The molecule has 0 atom stereocenters. The zero-order valence-electron chi connectivity index (χ0n) is 5.98. The highest BCUT2D eigenvalue weighted by atomic mass is 32.1. The molecule has 2 aromatic rings. The van der Waals surface area contributed by atoms with Crippen molar-refractivity contribution in [3.05, 3.63) is 12.1 Å². The molecule has 0 aliphatic heterocycles. The first kappa shape index (κ1) is 7.43. The Morgan fingerprint density at radius 1 is 1.33 bits per heavy atom. The van der Waals surface area contributed by atoms with E-state index in [4.69, 9.17) is 13.0 Å². The molecule has 1 heterocycles. The summed E-state index contributed by atoms with van der Waals surface area (Å²) in [6, 6.07) is 3.08. The van der Waals surface area contributed by atoms with Crippen LogP contribution in [0.1, 0.15) is 0 Å². The number of aromatic nitrogens is 1. The van der Waals surface area contributed by atoms with E-state index in [1.165, 1.54) is 17.4 Å². The van der Waals surface area contributed by atoms with Crippen LogP contribution in [-0.2, 0) is 0 Å². The average Bonchev–Trinajstić information content (AvgIpc) is 2.39. The molecule has 12 heavy (non-hydrogen) atoms. The molecule has 1 aromatic heterocycles. The van der Waals surface area contributed by atoms with Crippen LogP contribution in [0.4, 0.5) is 0 Å². The minimum atomic E-state index is -0.208. The van der Waals surface area contributed by atoms with Gasteiger partial charge in [0.05, 0.1) is 4.70 Å². The second kappa shape index (κ2) is 2.38. The van der Waals surface area contributed by atoms with Gasteiger partial charge in [-0.25, -0.2) is 4.98 Å². The molecule has 0 spiro atoms. The summed E-state index contributed by atoms with van der Waals surface area (Å²) in [4.78, 5) is 4.24. The molecule has 0 aliphatic carbocycles. The number of phenolic OH excluding ortho intramolecular Hbond substituents is 2. The van der Waals surface area contributed by atoms with Gasteiger partial charge in [0.2, 0.25) is 0 Å². The lowest BCUT2D eigenvalue weighted by Gasteiger charge is -1.95. The fraction of sp³-hybridized carbons (Fsp3) is 0. The van der Waals surface area contributed by atoms with Gasteiger partial charge >= 0.3 is 0 Å². The summed E-state index contributed by atoms with van der Waals surface area (Å²) in [5.74, 6) is -0.381. The lowest BCUT2D eigenvalue weighted by Crippen LogP contribution is -1.96. The van der Waals surface area contributed by atoms with Crippen LogP contribution in [0, 0.1) is 0 Å². The van der Waals surface area contributed by atoms with E-state index < -0.39 is 0 Å². The van der Waals surface area contributed by atoms with E-state index in [-0.39, 0.29) is 11.5 Å². The monoisotopic (exact) mass is 177 g/mol. The first-order chi connectivity index (χ1) is 5.68. The van der Waals surface area contributed by atoms with E-state index in [2.05, 4.69) is 4.98 Å². The van der Waals surface area contributed by atoms with E-state index in [9.17, 15) is 5.11 Å². The Bertz CT molecular complexity index is 440. The first-order valence-corrected chi connectivity index (χ1v) is 4.07. The fourth-order valence-electron chi connectivity index (χ4n) is 0.987. The second-order valence-electron chi connectivity index (χ2n) is 2.33. The second-order valence-corrected chi connectivity index (χ2v) is 3.39. The van der Waals surface area contributed by atoms with Crippen molar-refractivity contribution in [2.24, 2.45) is 0 Å². The smallest absolute Gasteiger partial charge is 0.185 e. The zero-order valence-corrected chi connectivity index (χ0v) is 6.80. The lowest BCUT2D eigenvalue weighted by atomic mass is 10.2. The summed E-state index contributed by atoms with van der Waals surface area (Å²) < 4.78 is 0.766. The molecular formula is C7H4BNO2S. The number of hydrogen-bond acceptors (Lipinski definition) is 4. The molecule has 58 valence electrons. The lowest BCUT2D eigenvalue weighted by molar-refractivity contribution is 0.407. The van der Waals surface area contributed by atoms with E-state index in [1.54, 1.807) is 6.07 Å². The molecular weight excluding hydrogens is 173 g/mol. The average molecular weight is 177 g/mol. The normalized spacial score (nSPS) is 10.7. The van der Waals surface area contributed by atoms with E-state index in [1.807, 2.05) is 0 Å². The molecule has 0 bridgehead atoms. The molecule has 0 fully saturated rings. The minimum absolute atomic E-state index is 0.173. The Labute approximate surface area is 73.7 Å². The zero-order chi connectivity index (χ0) is 8.72. The molecule has 3 nitrogen and oxygen atoms in total. The SMILES string of the molecule is [B]c1nc2c(O)c(O)ccc2s1. The van der Waals surface area contributed by atoms with Gasteiger partial charge in [0.1, 0.15) is 5.52 Å². The van der Waals surface area contributed by atoms with Gasteiger partial charge in [-0.3, -0.25) is 0 Å². The molecule has 2 rings (SSSR count). The van der Waals surface area contributed by atoms with Gasteiger partial charge in [0, 0.05) is 4.91 Å². The Balaban J connectivity index is 2.89. The highest BCUT2D eigenvalue weighted by molar-refractivity contribution is 7.25. The Hall–Kier alpha value is -1.23. The number of aromatic hydroxyl groups is 2. The van der Waals surface area contributed by atoms with Gasteiger partial charge in [-0.15, -0.1) is 11.3 Å². The molecule has 5 heteroatoms. The summed E-state index contributed by atoms with van der Waals surface area (Å²) in [6.07, 6.45) is 0. The van der Waals surface area contributed by atoms with Gasteiger partial charge in [-0.2, -0.15) is 0 Å². The third kappa shape index (κ3) is 0.938. The Kier molecular flexibility index (Phi) is 1.47. The van der Waals surface area contributed by atoms with Crippen molar-refractivity contribution >= 4 is 34.3 Å². The molecule has 0 saturated carbocycles. The maximum Gasteiger partial charge on any atom is 0.185 e. The number of benzene rings is 1. The van der Waals surface area contributed by atoms with Gasteiger partial charge in [0.25, 0.3) is 0 Å². The highest BCUT2D eigenvalue weighted by Crippen LogP contribution is 2.33. The molecule has 0 unspecified atom stereocenters. The van der Waals surface area contributed by atoms with Crippen LogP contribution < -0.4 is 4.91 Å². The summed E-state index contributed by atoms with van der Waals surface area (Å²) in [7, 11) is 5.42. The minimum Gasteiger partial charge on any atom is -0.504 e. The maximum absolute atomic E-state index is 9.31. The number of nitrogens with zero attached hydrogens (tertiary/aromatic N) is 1. The predicted octanol–water partition coefficient (Wildman–Crippen LogP) is 0.501. The maximum atomic E-state index is 9.31. The van der Waals surface area contributed by atoms with Crippen LogP contribution >= 0.6 is 11.3 Å². The summed E-state index contributed by atoms with van der Waals surface area (Å²) in [6.45, 7) is 0. The van der Waals surface area contributed by atoms with Crippen molar-refractivity contribution in [2.75, 3.05) is 0 Å². The van der Waals surface area contributed by atoms with E-state index >= 15 is 0 Å². The van der Waals surface area contributed by atoms with Crippen LogP contribution in [0.15, 0.2) is 12.1 Å². The van der Waals surface area contributed by atoms with Crippen molar-refractivity contribution in [3.63, 3.8) is 0 Å². The molecule has 0 amide bonds. The molecule has 2 radical (unpaired) electrons. The summed E-state index contributed by atoms with van der Waals surface area (Å²) in [5.41, 5.74) is 0.359. The van der Waals surface area contributed by atoms with Crippen LogP contribution in [-0.4, -0.2) is 23.0 Å². The van der Waals surface area contributed by atoms with E-state index in [0.717, 1.165) is 4.70 Å².